The van der Waals surface area contributed by atoms with Crippen LogP contribution < -0.4 is 5.73 Å². The summed E-state index contributed by atoms with van der Waals surface area (Å²) in [6.07, 6.45) is 0. The van der Waals surface area contributed by atoms with E-state index in [9.17, 15) is 0 Å². The van der Waals surface area contributed by atoms with Gasteiger partial charge in [0, 0.05) is 4.47 Å². The van der Waals surface area contributed by atoms with Gasteiger partial charge in [0.15, 0.2) is 0 Å². The van der Waals surface area contributed by atoms with Crippen molar-refractivity contribution >= 4 is 15.9 Å². The SMILES string of the molecule is Cc1c(Br)ccc(C(C)CN)c1C. The van der Waals surface area contributed by atoms with Crippen LogP contribution in [0.3, 0.4) is 0 Å². The Bertz CT molecular complexity index is 307. The molecule has 1 rings (SSSR count). The highest BCUT2D eigenvalue weighted by Gasteiger charge is 2.09. The topological polar surface area (TPSA) is 26.0 Å². The van der Waals surface area contributed by atoms with E-state index in [4.69, 9.17) is 5.73 Å². The van der Waals surface area contributed by atoms with Crippen molar-refractivity contribution in [2.24, 2.45) is 5.73 Å². The first-order valence-corrected chi connectivity index (χ1v) is 5.33. The molecule has 0 aliphatic heterocycles. The van der Waals surface area contributed by atoms with Gasteiger partial charge in [0.2, 0.25) is 0 Å². The fourth-order valence-electron chi connectivity index (χ4n) is 1.47. The maximum absolute atomic E-state index is 5.65. The zero-order valence-electron chi connectivity index (χ0n) is 8.39. The van der Waals surface area contributed by atoms with Crippen molar-refractivity contribution < 1.29 is 0 Å². The van der Waals surface area contributed by atoms with E-state index in [0.29, 0.717) is 12.5 Å². The van der Waals surface area contributed by atoms with Gasteiger partial charge in [0.05, 0.1) is 0 Å². The van der Waals surface area contributed by atoms with Crippen LogP contribution in [0.25, 0.3) is 0 Å². The fourth-order valence-corrected chi connectivity index (χ4v) is 1.90. The summed E-state index contributed by atoms with van der Waals surface area (Å²) in [4.78, 5) is 0. The van der Waals surface area contributed by atoms with Crippen LogP contribution in [0.5, 0.6) is 0 Å². The Kier molecular flexibility index (Phi) is 3.51. The second-order valence-electron chi connectivity index (χ2n) is 3.52. The average molecular weight is 242 g/mol. The van der Waals surface area contributed by atoms with Crippen LogP contribution >= 0.6 is 15.9 Å². The van der Waals surface area contributed by atoms with Gasteiger partial charge in [-0.05, 0) is 49.1 Å². The summed E-state index contributed by atoms with van der Waals surface area (Å²) in [6, 6.07) is 4.26. The minimum Gasteiger partial charge on any atom is -0.330 e. The van der Waals surface area contributed by atoms with Gasteiger partial charge in [-0.1, -0.05) is 28.9 Å². The van der Waals surface area contributed by atoms with E-state index >= 15 is 0 Å². The molecular weight excluding hydrogens is 226 g/mol. The summed E-state index contributed by atoms with van der Waals surface area (Å²) in [5.74, 6) is 0.451. The van der Waals surface area contributed by atoms with Crippen molar-refractivity contribution in [2.75, 3.05) is 6.54 Å². The molecule has 0 aliphatic rings. The largest absolute Gasteiger partial charge is 0.330 e. The standard InChI is InChI=1S/C11H16BrN/c1-7(6-13)10-4-5-11(12)9(3)8(10)2/h4-5,7H,6,13H2,1-3H3. The first-order valence-electron chi connectivity index (χ1n) is 4.53. The highest BCUT2D eigenvalue weighted by Crippen LogP contribution is 2.26. The molecule has 0 radical (unpaired) electrons. The molecule has 72 valence electrons. The molecule has 1 unspecified atom stereocenters. The van der Waals surface area contributed by atoms with Gasteiger partial charge in [-0.15, -0.1) is 0 Å². The average Bonchev–Trinajstić information content (AvgIpc) is 2.13. The Hall–Kier alpha value is -0.340. The number of benzene rings is 1. The van der Waals surface area contributed by atoms with Crippen LogP contribution in [-0.4, -0.2) is 6.54 Å². The molecule has 0 aliphatic carbocycles. The molecule has 1 atom stereocenters. The Morgan fingerprint density at radius 2 is 1.92 bits per heavy atom. The van der Waals surface area contributed by atoms with E-state index < -0.39 is 0 Å². The molecule has 0 bridgehead atoms. The third kappa shape index (κ3) is 2.12. The van der Waals surface area contributed by atoms with Crippen LogP contribution in [0, 0.1) is 13.8 Å². The minimum absolute atomic E-state index is 0.451. The van der Waals surface area contributed by atoms with Crippen molar-refractivity contribution in [1.82, 2.24) is 0 Å². The van der Waals surface area contributed by atoms with E-state index in [0.717, 1.165) is 0 Å². The van der Waals surface area contributed by atoms with Gasteiger partial charge in [0.1, 0.15) is 0 Å². The van der Waals surface area contributed by atoms with Gasteiger partial charge < -0.3 is 5.73 Å². The fraction of sp³-hybridized carbons (Fsp3) is 0.455. The highest BCUT2D eigenvalue weighted by atomic mass is 79.9. The van der Waals surface area contributed by atoms with E-state index in [2.05, 4.69) is 48.8 Å². The van der Waals surface area contributed by atoms with E-state index in [1.54, 1.807) is 0 Å². The third-order valence-electron chi connectivity index (χ3n) is 2.65. The molecule has 1 aromatic carbocycles. The molecule has 1 aromatic rings. The lowest BCUT2D eigenvalue weighted by atomic mass is 9.94. The molecule has 0 spiro atoms. The van der Waals surface area contributed by atoms with Gasteiger partial charge >= 0.3 is 0 Å². The third-order valence-corrected chi connectivity index (χ3v) is 3.51. The first kappa shape index (κ1) is 10.7. The lowest BCUT2D eigenvalue weighted by Crippen LogP contribution is -2.10. The summed E-state index contributed by atoms with van der Waals surface area (Å²) in [6.45, 7) is 7.16. The Labute approximate surface area is 88.5 Å². The van der Waals surface area contributed by atoms with Gasteiger partial charge in [-0.3, -0.25) is 0 Å². The minimum atomic E-state index is 0.451. The predicted octanol–water partition coefficient (Wildman–Crippen LogP) is 3.13. The Balaban J connectivity index is 3.18. The van der Waals surface area contributed by atoms with Crippen molar-refractivity contribution in [3.8, 4) is 0 Å². The molecule has 0 heterocycles. The van der Waals surface area contributed by atoms with Crippen molar-refractivity contribution in [3.63, 3.8) is 0 Å². The zero-order chi connectivity index (χ0) is 10.0. The molecule has 0 fully saturated rings. The Morgan fingerprint density at radius 1 is 1.31 bits per heavy atom. The maximum Gasteiger partial charge on any atom is 0.0207 e. The first-order chi connectivity index (χ1) is 6.07. The quantitative estimate of drug-likeness (QED) is 0.847. The molecule has 2 N–H and O–H groups in total. The number of halogens is 1. The molecule has 0 saturated heterocycles. The lowest BCUT2D eigenvalue weighted by molar-refractivity contribution is 0.766. The van der Waals surface area contributed by atoms with Gasteiger partial charge in [-0.2, -0.15) is 0 Å². The normalized spacial score (nSPS) is 13.0. The number of rotatable bonds is 2. The van der Waals surface area contributed by atoms with Crippen LogP contribution in [0.2, 0.25) is 0 Å². The summed E-state index contributed by atoms with van der Waals surface area (Å²) in [7, 11) is 0. The second-order valence-corrected chi connectivity index (χ2v) is 4.38. The summed E-state index contributed by atoms with van der Waals surface area (Å²) in [5.41, 5.74) is 9.68. The number of nitrogens with two attached hydrogens (primary N) is 1. The molecule has 1 nitrogen and oxygen atoms in total. The van der Waals surface area contributed by atoms with Gasteiger partial charge in [0.25, 0.3) is 0 Å². The lowest BCUT2D eigenvalue weighted by Gasteiger charge is -2.15. The summed E-state index contributed by atoms with van der Waals surface area (Å²) < 4.78 is 1.18. The van der Waals surface area contributed by atoms with Crippen LogP contribution in [0.15, 0.2) is 16.6 Å². The molecule has 0 amide bonds. The highest BCUT2D eigenvalue weighted by molar-refractivity contribution is 9.10. The number of hydrogen-bond donors (Lipinski definition) is 1. The van der Waals surface area contributed by atoms with Crippen molar-refractivity contribution in [3.05, 3.63) is 33.3 Å². The van der Waals surface area contributed by atoms with E-state index in [1.165, 1.54) is 21.2 Å². The summed E-state index contributed by atoms with van der Waals surface area (Å²) >= 11 is 3.52. The van der Waals surface area contributed by atoms with Crippen molar-refractivity contribution in [2.45, 2.75) is 26.7 Å². The van der Waals surface area contributed by atoms with E-state index in [1.807, 2.05) is 0 Å². The van der Waals surface area contributed by atoms with E-state index in [-0.39, 0.29) is 0 Å². The van der Waals surface area contributed by atoms with Gasteiger partial charge in [-0.25, -0.2) is 0 Å². The molecular formula is C11H16BrN. The zero-order valence-corrected chi connectivity index (χ0v) is 9.98. The monoisotopic (exact) mass is 241 g/mol. The number of hydrogen-bond acceptors (Lipinski definition) is 1. The maximum atomic E-state index is 5.65. The molecule has 0 saturated carbocycles. The summed E-state index contributed by atoms with van der Waals surface area (Å²) in [5, 5.41) is 0. The molecule has 13 heavy (non-hydrogen) atoms. The molecule has 0 aromatic heterocycles. The second kappa shape index (κ2) is 4.25. The smallest absolute Gasteiger partial charge is 0.0207 e. The van der Waals surface area contributed by atoms with Crippen LogP contribution in [0.4, 0.5) is 0 Å². The molecule has 2 heteroatoms. The van der Waals surface area contributed by atoms with Crippen molar-refractivity contribution in [1.29, 1.82) is 0 Å². The van der Waals surface area contributed by atoms with Crippen LogP contribution in [-0.2, 0) is 0 Å². The predicted molar refractivity (Wildman–Crippen MR) is 61.1 cm³/mol. The Morgan fingerprint density at radius 3 is 2.46 bits per heavy atom. The van der Waals surface area contributed by atoms with Crippen LogP contribution in [0.1, 0.15) is 29.5 Å².